The minimum atomic E-state index is -4.26. The number of likely N-dealkylation sites (tertiary alicyclic amines) is 1. The molecule has 0 radical (unpaired) electrons. The number of carbonyl (C=O) groups is 5. The molecule has 1 fully saturated rings. The van der Waals surface area contributed by atoms with E-state index in [1.807, 2.05) is 25.5 Å². The van der Waals surface area contributed by atoms with Crippen molar-refractivity contribution in [3.63, 3.8) is 0 Å². The minimum absolute atomic E-state index is 0.0992. The van der Waals surface area contributed by atoms with E-state index in [0.717, 1.165) is 18.4 Å². The zero-order valence-electron chi connectivity index (χ0n) is 34.9. The van der Waals surface area contributed by atoms with Crippen molar-refractivity contribution >= 4 is 40.1 Å². The number of methoxy groups -OCH3 is 1. The molecule has 3 amide bonds. The van der Waals surface area contributed by atoms with Crippen molar-refractivity contribution in [1.29, 1.82) is 0 Å². The lowest BCUT2D eigenvalue weighted by molar-refractivity contribution is -0.157. The quantitative estimate of drug-likeness (QED) is 0.0427. The fourth-order valence-electron chi connectivity index (χ4n) is 7.09. The number of esters is 1. The summed E-state index contributed by atoms with van der Waals surface area (Å²) in [4.78, 5) is 67.5. The van der Waals surface area contributed by atoms with E-state index in [1.54, 1.807) is 91.0 Å². The second-order valence-corrected chi connectivity index (χ2v) is 16.3. The Morgan fingerprint density at radius 3 is 2.03 bits per heavy atom. The Morgan fingerprint density at radius 2 is 1.38 bits per heavy atom. The van der Waals surface area contributed by atoms with Gasteiger partial charge in [-0.05, 0) is 73.1 Å². The van der Waals surface area contributed by atoms with Gasteiger partial charge in [0.2, 0.25) is 11.6 Å². The van der Waals surface area contributed by atoms with Crippen LogP contribution in [0.1, 0.15) is 81.6 Å². The van der Waals surface area contributed by atoms with Crippen LogP contribution in [0.4, 0.5) is 9.59 Å². The number of nitrogens with zero attached hydrogens (tertiary/aromatic N) is 1. The van der Waals surface area contributed by atoms with Gasteiger partial charge in [-0.2, -0.15) is 0 Å². The van der Waals surface area contributed by atoms with Crippen molar-refractivity contribution < 1.29 is 51.3 Å². The Morgan fingerprint density at radius 1 is 0.770 bits per heavy atom. The Hall–Kier alpha value is -6.22. The molecule has 4 aromatic rings. The lowest BCUT2D eigenvalue weighted by Gasteiger charge is -2.37. The van der Waals surface area contributed by atoms with Crippen LogP contribution in [0.5, 0.6) is 5.75 Å². The van der Waals surface area contributed by atoms with Crippen LogP contribution in [-0.4, -0.2) is 75.9 Å². The van der Waals surface area contributed by atoms with Crippen LogP contribution in [-0.2, 0) is 40.2 Å². The second kappa shape index (κ2) is 21.3. The summed E-state index contributed by atoms with van der Waals surface area (Å²) in [6.45, 7) is 6.30. The molecule has 1 aliphatic heterocycles. The highest BCUT2D eigenvalue weighted by atomic mass is 32.2. The first kappa shape index (κ1) is 45.9. The van der Waals surface area contributed by atoms with E-state index in [9.17, 15) is 32.4 Å². The SMILES string of the molecule is CCCCOC(=O)NS(=O)(=O)c1ccccc1-c1ccc(C[C@H](CC)C(=O)N[C@@]2(C(=O)OC)CCCN2C(=O)c2ccc(-c3ccccc3OC(=O)OCCCC)cc2)cc1. The van der Waals surface area contributed by atoms with Gasteiger partial charge in [-0.1, -0.05) is 106 Å². The molecule has 324 valence electrons. The molecule has 2 atom stereocenters. The van der Waals surface area contributed by atoms with Gasteiger partial charge in [0.25, 0.3) is 15.9 Å². The maximum absolute atomic E-state index is 14.1. The molecule has 0 aromatic heterocycles. The molecule has 0 aliphatic carbocycles. The number of para-hydroxylation sites is 1. The third-order valence-electron chi connectivity index (χ3n) is 10.5. The second-order valence-electron chi connectivity index (χ2n) is 14.6. The van der Waals surface area contributed by atoms with E-state index < -0.39 is 51.6 Å². The number of nitrogens with one attached hydrogen (secondary N) is 2. The van der Waals surface area contributed by atoms with Crippen molar-refractivity contribution in [1.82, 2.24) is 14.9 Å². The van der Waals surface area contributed by atoms with Gasteiger partial charge in [-0.15, -0.1) is 0 Å². The lowest BCUT2D eigenvalue weighted by atomic mass is 9.93. The molecule has 1 aliphatic rings. The third kappa shape index (κ3) is 11.3. The van der Waals surface area contributed by atoms with Crippen molar-refractivity contribution in [3.8, 4) is 28.0 Å². The number of unbranched alkanes of at least 4 members (excludes halogenated alkanes) is 2. The zero-order valence-corrected chi connectivity index (χ0v) is 35.8. The number of ether oxygens (including phenoxy) is 4. The van der Waals surface area contributed by atoms with Gasteiger partial charge in [0, 0.05) is 35.6 Å². The van der Waals surface area contributed by atoms with E-state index in [0.29, 0.717) is 53.7 Å². The molecule has 15 heteroatoms. The smallest absolute Gasteiger partial charge is 0.466 e. The Labute approximate surface area is 357 Å². The van der Waals surface area contributed by atoms with E-state index >= 15 is 0 Å². The number of rotatable bonds is 18. The van der Waals surface area contributed by atoms with E-state index in [2.05, 4.69) is 5.32 Å². The summed E-state index contributed by atoms with van der Waals surface area (Å²) in [7, 11) is -3.05. The summed E-state index contributed by atoms with van der Waals surface area (Å²) in [6.07, 6.45) is 2.38. The highest BCUT2D eigenvalue weighted by molar-refractivity contribution is 7.90. The maximum Gasteiger partial charge on any atom is 0.513 e. The maximum atomic E-state index is 14.1. The molecule has 1 heterocycles. The van der Waals surface area contributed by atoms with Crippen LogP contribution in [0.25, 0.3) is 22.3 Å². The molecule has 0 saturated carbocycles. The number of carbonyl (C=O) groups excluding carboxylic acids is 5. The summed E-state index contributed by atoms with van der Waals surface area (Å²) < 4.78 is 49.2. The molecule has 4 aromatic carbocycles. The van der Waals surface area contributed by atoms with E-state index in [1.165, 1.54) is 18.1 Å². The van der Waals surface area contributed by atoms with Crippen LogP contribution >= 0.6 is 0 Å². The molecule has 0 bridgehead atoms. The van der Waals surface area contributed by atoms with Crippen LogP contribution in [0, 0.1) is 5.92 Å². The summed E-state index contributed by atoms with van der Waals surface area (Å²) in [5.41, 5.74) is 1.52. The molecule has 1 saturated heterocycles. The molecule has 0 unspecified atom stereocenters. The number of benzene rings is 4. The van der Waals surface area contributed by atoms with Crippen LogP contribution < -0.4 is 14.8 Å². The summed E-state index contributed by atoms with van der Waals surface area (Å²) in [6, 6.07) is 26.9. The first-order valence-corrected chi connectivity index (χ1v) is 22.0. The fourth-order valence-corrected chi connectivity index (χ4v) is 8.21. The zero-order chi connectivity index (χ0) is 44.0. The van der Waals surface area contributed by atoms with E-state index in [-0.39, 0.29) is 43.1 Å². The molecule has 0 spiro atoms. The molecule has 14 nitrogen and oxygen atoms in total. The average molecular weight is 856 g/mol. The van der Waals surface area contributed by atoms with Gasteiger partial charge in [0.15, 0.2) is 0 Å². The van der Waals surface area contributed by atoms with Gasteiger partial charge >= 0.3 is 18.2 Å². The summed E-state index contributed by atoms with van der Waals surface area (Å²) >= 11 is 0. The normalized spacial score (nSPS) is 15.3. The van der Waals surface area contributed by atoms with Crippen molar-refractivity contribution in [2.24, 2.45) is 5.92 Å². The van der Waals surface area contributed by atoms with Crippen LogP contribution in [0.15, 0.2) is 102 Å². The number of hydrogen-bond donors (Lipinski definition) is 2. The van der Waals surface area contributed by atoms with Gasteiger partial charge in [-0.25, -0.2) is 27.5 Å². The number of amides is 3. The molecule has 61 heavy (non-hydrogen) atoms. The minimum Gasteiger partial charge on any atom is -0.466 e. The Balaban J connectivity index is 1.30. The van der Waals surface area contributed by atoms with E-state index in [4.69, 9.17) is 18.9 Å². The lowest BCUT2D eigenvalue weighted by Crippen LogP contribution is -2.65. The Kier molecular flexibility index (Phi) is 16.0. The third-order valence-corrected chi connectivity index (χ3v) is 11.8. The molecular weight excluding hydrogens is 803 g/mol. The average Bonchev–Trinajstić information content (AvgIpc) is 3.69. The number of sulfonamides is 1. The number of hydrogen-bond acceptors (Lipinski definition) is 11. The molecule has 2 N–H and O–H groups in total. The highest BCUT2D eigenvalue weighted by Gasteiger charge is 2.52. The topological polar surface area (TPSA) is 184 Å². The first-order valence-electron chi connectivity index (χ1n) is 20.5. The van der Waals surface area contributed by atoms with Gasteiger partial charge in [0.05, 0.1) is 25.2 Å². The van der Waals surface area contributed by atoms with Crippen molar-refractivity contribution in [3.05, 3.63) is 108 Å². The van der Waals surface area contributed by atoms with Gasteiger partial charge in [-0.3, -0.25) is 9.59 Å². The largest absolute Gasteiger partial charge is 0.513 e. The molecule has 5 rings (SSSR count). The Bertz CT molecular complexity index is 2280. The van der Waals surface area contributed by atoms with Crippen molar-refractivity contribution in [2.45, 2.75) is 82.7 Å². The standard InChI is InChI=1S/C46H53N3O11S/c1-5-8-29-58-44(53)48-61(55,56)40-18-13-11-16-38(40)35-21-19-32(20-22-35)31-33(7-3)41(50)47-46(43(52)57-4)27-14-28-49(46)42(51)36-25-23-34(24-26-36)37-15-10-12-17-39(37)60-45(54)59-30-9-6-2/h10-13,15-26,33H,5-9,14,27-31H2,1-4H3,(H,47,50)(H,48,53)/t33-,46-/m0/s1. The van der Waals surface area contributed by atoms with Crippen LogP contribution in [0.2, 0.25) is 0 Å². The predicted molar refractivity (Wildman–Crippen MR) is 228 cm³/mol. The fraction of sp³-hybridized carbons (Fsp3) is 0.370. The first-order chi connectivity index (χ1) is 29.4. The molecular formula is C46H53N3O11S. The monoisotopic (exact) mass is 855 g/mol. The van der Waals surface area contributed by atoms with Gasteiger partial charge in [0.1, 0.15) is 5.75 Å². The predicted octanol–water partition coefficient (Wildman–Crippen LogP) is 8.04. The van der Waals surface area contributed by atoms with Crippen LogP contribution in [0.3, 0.4) is 0 Å². The highest BCUT2D eigenvalue weighted by Crippen LogP contribution is 2.34. The summed E-state index contributed by atoms with van der Waals surface area (Å²) in [5.74, 6) is -2.00. The van der Waals surface area contributed by atoms with Gasteiger partial charge < -0.3 is 29.2 Å². The van der Waals surface area contributed by atoms with Crippen molar-refractivity contribution in [2.75, 3.05) is 26.9 Å². The summed E-state index contributed by atoms with van der Waals surface area (Å²) in [5, 5.41) is 2.91.